The summed E-state index contributed by atoms with van der Waals surface area (Å²) in [5, 5.41) is 1.59. The van der Waals surface area contributed by atoms with Crippen LogP contribution in [-0.4, -0.2) is 6.29 Å². The van der Waals surface area contributed by atoms with Gasteiger partial charge in [0.1, 0.15) is 17.8 Å². The minimum atomic E-state index is -4.37. The number of carbonyl (C=O) groups excluding carboxylic acids is 1. The van der Waals surface area contributed by atoms with Crippen LogP contribution in [-0.2, 0) is 6.18 Å². The zero-order valence-corrected chi connectivity index (χ0v) is 11.8. The van der Waals surface area contributed by atoms with E-state index in [1.54, 1.807) is 30.3 Å². The molecule has 0 aliphatic heterocycles. The Labute approximate surface area is 130 Å². The molecule has 0 atom stereocenters. The summed E-state index contributed by atoms with van der Waals surface area (Å²) < 4.78 is 43.3. The van der Waals surface area contributed by atoms with Crippen molar-refractivity contribution < 1.29 is 22.7 Å². The number of hydrogen-bond acceptors (Lipinski definition) is 2. The van der Waals surface area contributed by atoms with Gasteiger partial charge < -0.3 is 4.74 Å². The van der Waals surface area contributed by atoms with Crippen molar-refractivity contribution in [3.05, 3.63) is 71.8 Å². The molecule has 0 saturated heterocycles. The molecule has 0 bridgehead atoms. The van der Waals surface area contributed by atoms with Gasteiger partial charge in [0.2, 0.25) is 0 Å². The van der Waals surface area contributed by atoms with Gasteiger partial charge in [-0.1, -0.05) is 18.2 Å². The van der Waals surface area contributed by atoms with Crippen molar-refractivity contribution in [1.29, 1.82) is 0 Å². The lowest BCUT2D eigenvalue weighted by Gasteiger charge is -2.11. The van der Waals surface area contributed by atoms with E-state index in [1.165, 1.54) is 12.1 Å². The van der Waals surface area contributed by atoms with Gasteiger partial charge >= 0.3 is 6.18 Å². The Bertz CT molecular complexity index is 852. The van der Waals surface area contributed by atoms with Gasteiger partial charge in [0.05, 0.1) is 5.56 Å². The molecule has 3 rings (SSSR count). The number of alkyl halides is 3. The molecule has 0 spiro atoms. The molecule has 5 heteroatoms. The molecular weight excluding hydrogens is 305 g/mol. The zero-order valence-electron chi connectivity index (χ0n) is 11.8. The maximum absolute atomic E-state index is 12.6. The van der Waals surface area contributed by atoms with Crippen LogP contribution in [0, 0.1) is 0 Å². The molecular formula is C18H11F3O2. The smallest absolute Gasteiger partial charge is 0.416 e. The van der Waals surface area contributed by atoms with E-state index in [4.69, 9.17) is 4.74 Å². The first-order valence-corrected chi connectivity index (χ1v) is 6.80. The van der Waals surface area contributed by atoms with E-state index in [0.29, 0.717) is 17.1 Å². The average Bonchev–Trinajstić information content (AvgIpc) is 2.54. The van der Waals surface area contributed by atoms with E-state index >= 15 is 0 Å². The van der Waals surface area contributed by atoms with Gasteiger partial charge in [0.25, 0.3) is 0 Å². The Hall–Kier alpha value is -2.82. The molecule has 2 nitrogen and oxygen atoms in total. The van der Waals surface area contributed by atoms with Crippen molar-refractivity contribution >= 4 is 17.1 Å². The van der Waals surface area contributed by atoms with Crippen molar-refractivity contribution in [2.45, 2.75) is 6.18 Å². The second-order valence-electron chi connectivity index (χ2n) is 4.98. The van der Waals surface area contributed by atoms with Crippen molar-refractivity contribution in [3.8, 4) is 11.5 Å². The van der Waals surface area contributed by atoms with Gasteiger partial charge in [-0.2, -0.15) is 13.2 Å². The summed E-state index contributed by atoms with van der Waals surface area (Å²) in [5.74, 6) is 0.824. The molecule has 116 valence electrons. The van der Waals surface area contributed by atoms with Crippen molar-refractivity contribution in [3.63, 3.8) is 0 Å². The molecule has 23 heavy (non-hydrogen) atoms. The first-order valence-electron chi connectivity index (χ1n) is 6.80. The highest BCUT2D eigenvalue weighted by molar-refractivity contribution is 5.92. The Morgan fingerprint density at radius 1 is 0.913 bits per heavy atom. The van der Waals surface area contributed by atoms with Crippen molar-refractivity contribution in [2.75, 3.05) is 0 Å². The fourth-order valence-electron chi connectivity index (χ4n) is 2.27. The Kier molecular flexibility index (Phi) is 3.78. The first kappa shape index (κ1) is 15.1. The van der Waals surface area contributed by atoms with Gasteiger partial charge in [-0.15, -0.1) is 0 Å². The van der Waals surface area contributed by atoms with E-state index in [-0.39, 0.29) is 0 Å². The van der Waals surface area contributed by atoms with Crippen LogP contribution in [0.25, 0.3) is 10.8 Å². The maximum Gasteiger partial charge on any atom is 0.416 e. The summed E-state index contributed by atoms with van der Waals surface area (Å²) in [6.07, 6.45) is -3.62. The van der Waals surface area contributed by atoms with E-state index in [0.717, 1.165) is 29.2 Å². The van der Waals surface area contributed by atoms with Crippen molar-refractivity contribution in [1.82, 2.24) is 0 Å². The lowest BCUT2D eigenvalue weighted by Crippen LogP contribution is -2.04. The van der Waals surface area contributed by atoms with E-state index < -0.39 is 11.7 Å². The van der Waals surface area contributed by atoms with Crippen LogP contribution in [0.1, 0.15) is 15.9 Å². The molecule has 0 heterocycles. The second kappa shape index (κ2) is 5.76. The molecule has 0 unspecified atom stereocenters. The fourth-order valence-corrected chi connectivity index (χ4v) is 2.27. The summed E-state index contributed by atoms with van der Waals surface area (Å²) >= 11 is 0. The molecule has 0 aromatic heterocycles. The topological polar surface area (TPSA) is 26.3 Å². The van der Waals surface area contributed by atoms with Gasteiger partial charge in [-0.3, -0.25) is 4.79 Å². The number of halogens is 3. The molecule has 0 N–H and O–H groups in total. The zero-order chi connectivity index (χ0) is 16.4. The minimum Gasteiger partial charge on any atom is -0.457 e. The number of benzene rings is 3. The fraction of sp³-hybridized carbons (Fsp3) is 0.0556. The van der Waals surface area contributed by atoms with Crippen LogP contribution < -0.4 is 4.74 Å². The Morgan fingerprint density at radius 2 is 1.65 bits per heavy atom. The summed E-state index contributed by atoms with van der Waals surface area (Å²) in [6, 6.07) is 15.0. The van der Waals surface area contributed by atoms with E-state index in [2.05, 4.69) is 0 Å². The lowest BCUT2D eigenvalue weighted by atomic mass is 10.1. The molecule has 0 aliphatic carbocycles. The van der Waals surface area contributed by atoms with Crippen LogP contribution in [0.5, 0.6) is 11.5 Å². The normalized spacial score (nSPS) is 11.4. The molecule has 0 saturated carbocycles. The Balaban J connectivity index is 1.94. The van der Waals surface area contributed by atoms with Gasteiger partial charge in [-0.25, -0.2) is 0 Å². The average molecular weight is 316 g/mol. The van der Waals surface area contributed by atoms with E-state index in [1.807, 2.05) is 6.07 Å². The number of carbonyl (C=O) groups is 1. The lowest BCUT2D eigenvalue weighted by molar-refractivity contribution is -0.137. The van der Waals surface area contributed by atoms with Crippen LogP contribution in [0.15, 0.2) is 60.7 Å². The predicted octanol–water partition coefficient (Wildman–Crippen LogP) is 5.46. The molecule has 0 radical (unpaired) electrons. The highest BCUT2D eigenvalue weighted by Gasteiger charge is 2.30. The number of ether oxygens (including phenoxy) is 1. The Morgan fingerprint density at radius 3 is 2.30 bits per heavy atom. The number of aldehydes is 1. The third kappa shape index (κ3) is 3.18. The molecule has 3 aromatic rings. The number of hydrogen-bond donors (Lipinski definition) is 0. The highest BCUT2D eigenvalue weighted by atomic mass is 19.4. The standard InChI is InChI=1S/C18H11F3O2/c19-18(20,21)14-5-7-15(8-6-14)23-17-3-1-2-13-10-12(11-22)4-9-16(13)17/h1-11H. The quantitative estimate of drug-likeness (QED) is 0.599. The molecule has 0 amide bonds. The molecule has 0 aliphatic rings. The van der Waals surface area contributed by atoms with Crippen LogP contribution in [0.4, 0.5) is 13.2 Å². The van der Waals surface area contributed by atoms with E-state index in [9.17, 15) is 18.0 Å². The summed E-state index contributed by atoms with van der Waals surface area (Å²) in [4.78, 5) is 10.8. The highest BCUT2D eigenvalue weighted by Crippen LogP contribution is 2.33. The SMILES string of the molecule is O=Cc1ccc2c(Oc3ccc(C(F)(F)F)cc3)cccc2c1. The van der Waals surface area contributed by atoms with Gasteiger partial charge in [0.15, 0.2) is 0 Å². The van der Waals surface area contributed by atoms with Crippen LogP contribution in [0.3, 0.4) is 0 Å². The largest absolute Gasteiger partial charge is 0.457 e. The number of fused-ring (bicyclic) bond motifs is 1. The first-order chi connectivity index (χ1) is 11.0. The second-order valence-corrected chi connectivity index (χ2v) is 4.98. The molecule has 0 fully saturated rings. The summed E-state index contributed by atoms with van der Waals surface area (Å²) in [5.41, 5.74) is -0.178. The van der Waals surface area contributed by atoms with Crippen LogP contribution >= 0.6 is 0 Å². The maximum atomic E-state index is 12.6. The number of rotatable bonds is 3. The third-order valence-corrected chi connectivity index (χ3v) is 3.41. The minimum absolute atomic E-state index is 0.310. The monoisotopic (exact) mass is 316 g/mol. The summed E-state index contributed by atoms with van der Waals surface area (Å²) in [6.45, 7) is 0. The predicted molar refractivity (Wildman–Crippen MR) is 80.9 cm³/mol. The summed E-state index contributed by atoms with van der Waals surface area (Å²) in [7, 11) is 0. The third-order valence-electron chi connectivity index (χ3n) is 3.41. The van der Waals surface area contributed by atoms with Crippen LogP contribution in [0.2, 0.25) is 0 Å². The van der Waals surface area contributed by atoms with Crippen molar-refractivity contribution in [2.24, 2.45) is 0 Å². The molecule has 3 aromatic carbocycles. The van der Waals surface area contributed by atoms with Gasteiger partial charge in [0, 0.05) is 10.9 Å². The van der Waals surface area contributed by atoms with Gasteiger partial charge in [-0.05, 0) is 47.9 Å².